The lowest BCUT2D eigenvalue weighted by Crippen LogP contribution is -2.42. The van der Waals surface area contributed by atoms with Crippen LogP contribution in [0, 0.1) is 0 Å². The molecule has 0 heterocycles. The highest BCUT2D eigenvalue weighted by Crippen LogP contribution is 2.36. The number of esters is 2. The fraction of sp³-hybridized carbons (Fsp3) is 0.545. The van der Waals surface area contributed by atoms with Gasteiger partial charge in [-0.1, -0.05) is 57.2 Å². The van der Waals surface area contributed by atoms with Crippen LogP contribution in [0.1, 0.15) is 52.7 Å². The first-order valence-electron chi connectivity index (χ1n) is 9.62. The summed E-state index contributed by atoms with van der Waals surface area (Å²) < 4.78 is 17.0. The topological polar surface area (TPSA) is 61.8 Å². The van der Waals surface area contributed by atoms with E-state index >= 15 is 0 Å². The third-order valence-electron chi connectivity index (χ3n) is 4.91. The lowest BCUT2D eigenvalue weighted by Gasteiger charge is -2.36. The fourth-order valence-electron chi connectivity index (χ4n) is 2.32. The Morgan fingerprint density at radius 3 is 2.11 bits per heavy atom. The summed E-state index contributed by atoms with van der Waals surface area (Å²) in [5.74, 6) is -0.687. The summed E-state index contributed by atoms with van der Waals surface area (Å²) in [5.41, 5.74) is 0.920. The zero-order valence-electron chi connectivity index (χ0n) is 18.2. The number of hydrogen-bond acceptors (Lipinski definition) is 5. The predicted molar refractivity (Wildman–Crippen MR) is 113 cm³/mol. The summed E-state index contributed by atoms with van der Waals surface area (Å²) in [7, 11) is -1.95. The molecule has 0 aromatic heterocycles. The molecule has 6 heteroatoms. The minimum absolute atomic E-state index is 0.0746. The summed E-state index contributed by atoms with van der Waals surface area (Å²) in [6.45, 7) is 13.9. The first-order valence-corrected chi connectivity index (χ1v) is 12.5. The standard InChI is InChI=1S/C22H34O5Si/c1-17(23)26-20(16-25-28(6,7)22(3,4)5)14-11-15-21(27-18(2)24)19-12-9-8-10-13-19/h8-14,20-21H,15-16H2,1-7H3/b14-11-/t20-,21-/m0/s1. The maximum Gasteiger partial charge on any atom is 0.303 e. The molecule has 1 aromatic carbocycles. The Bertz CT molecular complexity index is 661. The van der Waals surface area contributed by atoms with Gasteiger partial charge in [0.2, 0.25) is 0 Å². The van der Waals surface area contributed by atoms with Gasteiger partial charge in [-0.3, -0.25) is 9.59 Å². The number of carbonyl (C=O) groups excluding carboxylic acids is 2. The van der Waals surface area contributed by atoms with Crippen molar-refractivity contribution in [1.82, 2.24) is 0 Å². The minimum Gasteiger partial charge on any atom is -0.457 e. The molecule has 0 unspecified atom stereocenters. The van der Waals surface area contributed by atoms with Gasteiger partial charge in [0.25, 0.3) is 0 Å². The Morgan fingerprint density at radius 2 is 1.61 bits per heavy atom. The number of carbonyl (C=O) groups is 2. The van der Waals surface area contributed by atoms with Crippen LogP contribution < -0.4 is 0 Å². The van der Waals surface area contributed by atoms with Crippen molar-refractivity contribution in [2.45, 2.75) is 71.4 Å². The number of ether oxygens (including phenoxy) is 2. The van der Waals surface area contributed by atoms with E-state index in [-0.39, 0.29) is 23.1 Å². The van der Waals surface area contributed by atoms with Crippen LogP contribution in [-0.2, 0) is 23.5 Å². The van der Waals surface area contributed by atoms with Gasteiger partial charge >= 0.3 is 11.9 Å². The van der Waals surface area contributed by atoms with E-state index in [1.807, 2.05) is 42.5 Å². The molecule has 0 aliphatic heterocycles. The summed E-state index contributed by atoms with van der Waals surface area (Å²) in [4.78, 5) is 22.9. The number of rotatable bonds is 9. The van der Waals surface area contributed by atoms with E-state index in [2.05, 4.69) is 33.9 Å². The van der Waals surface area contributed by atoms with E-state index in [1.165, 1.54) is 13.8 Å². The SMILES string of the molecule is CC(=O)O[C@@H](C/C=C\[C@@H](CO[Si](C)(C)C(C)(C)C)OC(C)=O)c1ccccc1. The van der Waals surface area contributed by atoms with Gasteiger partial charge in [0, 0.05) is 20.3 Å². The molecular weight excluding hydrogens is 372 g/mol. The summed E-state index contributed by atoms with van der Waals surface area (Å²) in [6, 6.07) is 9.57. The fourth-order valence-corrected chi connectivity index (χ4v) is 3.34. The van der Waals surface area contributed by atoms with Crippen molar-refractivity contribution in [3.8, 4) is 0 Å². The molecule has 0 saturated heterocycles. The highest BCUT2D eigenvalue weighted by Gasteiger charge is 2.37. The van der Waals surface area contributed by atoms with Crippen LogP contribution in [0.2, 0.25) is 18.1 Å². The quantitative estimate of drug-likeness (QED) is 0.321. The Morgan fingerprint density at radius 1 is 1.04 bits per heavy atom. The average Bonchev–Trinajstić information content (AvgIpc) is 2.57. The van der Waals surface area contributed by atoms with E-state index in [0.717, 1.165) is 5.56 Å². The maximum absolute atomic E-state index is 11.5. The van der Waals surface area contributed by atoms with Crippen molar-refractivity contribution in [3.63, 3.8) is 0 Å². The summed E-state index contributed by atoms with van der Waals surface area (Å²) in [5, 5.41) is 0.0746. The second-order valence-electron chi connectivity index (χ2n) is 8.39. The molecular formula is C22H34O5Si. The molecule has 2 atom stereocenters. The van der Waals surface area contributed by atoms with E-state index in [9.17, 15) is 9.59 Å². The van der Waals surface area contributed by atoms with Gasteiger partial charge in [0.1, 0.15) is 12.2 Å². The Hall–Kier alpha value is -1.92. The Kier molecular flexibility index (Phi) is 9.11. The molecule has 0 fully saturated rings. The van der Waals surface area contributed by atoms with E-state index in [4.69, 9.17) is 13.9 Å². The molecule has 0 spiro atoms. The zero-order valence-corrected chi connectivity index (χ0v) is 19.2. The van der Waals surface area contributed by atoms with Crippen molar-refractivity contribution in [1.29, 1.82) is 0 Å². The monoisotopic (exact) mass is 406 g/mol. The average molecular weight is 407 g/mol. The molecule has 0 aliphatic rings. The van der Waals surface area contributed by atoms with Gasteiger partial charge in [-0.25, -0.2) is 0 Å². The molecule has 1 rings (SSSR count). The van der Waals surface area contributed by atoms with Crippen LogP contribution in [-0.4, -0.2) is 33.0 Å². The molecule has 0 amide bonds. The highest BCUT2D eigenvalue weighted by molar-refractivity contribution is 6.74. The van der Waals surface area contributed by atoms with Crippen LogP contribution in [0.5, 0.6) is 0 Å². The lowest BCUT2D eigenvalue weighted by molar-refractivity contribution is -0.146. The van der Waals surface area contributed by atoms with Gasteiger partial charge < -0.3 is 13.9 Å². The third kappa shape index (κ3) is 8.40. The second kappa shape index (κ2) is 10.6. The van der Waals surface area contributed by atoms with Crippen LogP contribution in [0.3, 0.4) is 0 Å². The smallest absolute Gasteiger partial charge is 0.303 e. The molecule has 0 saturated carbocycles. The van der Waals surface area contributed by atoms with Crippen molar-refractivity contribution in [2.24, 2.45) is 0 Å². The molecule has 0 aliphatic carbocycles. The molecule has 0 bridgehead atoms. The maximum atomic E-state index is 11.5. The number of benzene rings is 1. The molecule has 0 N–H and O–H groups in total. The molecule has 0 radical (unpaired) electrons. The Labute approximate surface area is 170 Å². The van der Waals surface area contributed by atoms with Crippen molar-refractivity contribution in [2.75, 3.05) is 6.61 Å². The molecule has 28 heavy (non-hydrogen) atoms. The normalized spacial score (nSPS) is 14.5. The predicted octanol–water partition coefficient (Wildman–Crippen LogP) is 5.19. The first kappa shape index (κ1) is 24.1. The number of hydrogen-bond donors (Lipinski definition) is 0. The highest BCUT2D eigenvalue weighted by atomic mass is 28.4. The summed E-state index contributed by atoms with van der Waals surface area (Å²) in [6.07, 6.45) is 3.33. The van der Waals surface area contributed by atoms with Gasteiger partial charge in [-0.15, -0.1) is 0 Å². The van der Waals surface area contributed by atoms with E-state index < -0.39 is 14.4 Å². The Balaban J connectivity index is 2.82. The van der Waals surface area contributed by atoms with Crippen molar-refractivity contribution >= 4 is 20.3 Å². The van der Waals surface area contributed by atoms with Crippen molar-refractivity contribution in [3.05, 3.63) is 48.0 Å². The molecule has 5 nitrogen and oxygen atoms in total. The largest absolute Gasteiger partial charge is 0.457 e. The van der Waals surface area contributed by atoms with Crippen molar-refractivity contribution < 1.29 is 23.5 Å². The van der Waals surface area contributed by atoms with Gasteiger partial charge in [0.15, 0.2) is 8.32 Å². The molecule has 156 valence electrons. The summed E-state index contributed by atoms with van der Waals surface area (Å²) >= 11 is 0. The first-order chi connectivity index (χ1) is 12.9. The lowest BCUT2D eigenvalue weighted by atomic mass is 10.1. The van der Waals surface area contributed by atoms with Gasteiger partial charge in [0.05, 0.1) is 6.61 Å². The molecule has 1 aromatic rings. The minimum atomic E-state index is -1.95. The second-order valence-corrected chi connectivity index (χ2v) is 13.2. The van der Waals surface area contributed by atoms with Gasteiger partial charge in [-0.2, -0.15) is 0 Å². The third-order valence-corrected chi connectivity index (χ3v) is 9.41. The van der Waals surface area contributed by atoms with E-state index in [1.54, 1.807) is 0 Å². The van der Waals surface area contributed by atoms with Crippen LogP contribution >= 0.6 is 0 Å². The van der Waals surface area contributed by atoms with E-state index in [0.29, 0.717) is 13.0 Å². The van der Waals surface area contributed by atoms with Gasteiger partial charge in [-0.05, 0) is 29.8 Å². The van der Waals surface area contributed by atoms with Crippen LogP contribution in [0.15, 0.2) is 42.5 Å². The van der Waals surface area contributed by atoms with Crippen LogP contribution in [0.25, 0.3) is 0 Å². The zero-order chi connectivity index (χ0) is 21.4. The van der Waals surface area contributed by atoms with Crippen LogP contribution in [0.4, 0.5) is 0 Å².